The van der Waals surface area contributed by atoms with E-state index in [1.807, 2.05) is 13.1 Å². The molecule has 5 heteroatoms. The maximum Gasteiger partial charge on any atom is 0.148 e. The smallest absolute Gasteiger partial charge is 0.148 e. The second-order valence-electron chi connectivity index (χ2n) is 4.77. The predicted octanol–water partition coefficient (Wildman–Crippen LogP) is 1.39. The fourth-order valence-electron chi connectivity index (χ4n) is 2.36. The Morgan fingerprint density at radius 1 is 1.32 bits per heavy atom. The van der Waals surface area contributed by atoms with Gasteiger partial charge in [-0.25, -0.2) is 4.98 Å². The number of aromatic nitrogens is 2. The van der Waals surface area contributed by atoms with Crippen molar-refractivity contribution in [3.8, 4) is 0 Å². The van der Waals surface area contributed by atoms with Crippen molar-refractivity contribution in [1.82, 2.24) is 15.3 Å². The number of hydrogen-bond donors (Lipinski definition) is 2. The molecule has 1 aliphatic rings. The standard InChI is InChI=1S/C14H24N4O/c1-4-10-7-16-11(5-2)14(17-10)18-12-8-15-9-13(12)19-6-3/h7,12-13,15H,4-6,8-9H2,1-3H3,(H,17,18)/t12-,13-/m1/s1. The molecule has 0 radical (unpaired) electrons. The van der Waals surface area contributed by atoms with E-state index in [-0.39, 0.29) is 12.1 Å². The quantitative estimate of drug-likeness (QED) is 0.813. The van der Waals surface area contributed by atoms with E-state index in [1.165, 1.54) is 0 Å². The van der Waals surface area contributed by atoms with Crippen LogP contribution in [-0.2, 0) is 17.6 Å². The lowest BCUT2D eigenvalue weighted by Gasteiger charge is -2.21. The Morgan fingerprint density at radius 3 is 2.84 bits per heavy atom. The number of anilines is 1. The van der Waals surface area contributed by atoms with Gasteiger partial charge in [-0.3, -0.25) is 4.98 Å². The normalized spacial score (nSPS) is 22.7. The average Bonchev–Trinajstić information content (AvgIpc) is 2.86. The molecule has 1 aromatic heterocycles. The Labute approximate surface area is 115 Å². The van der Waals surface area contributed by atoms with Crippen molar-refractivity contribution in [2.75, 3.05) is 25.0 Å². The molecule has 19 heavy (non-hydrogen) atoms. The fraction of sp³-hybridized carbons (Fsp3) is 0.714. The van der Waals surface area contributed by atoms with Gasteiger partial charge < -0.3 is 15.4 Å². The van der Waals surface area contributed by atoms with Gasteiger partial charge in [0.1, 0.15) is 5.82 Å². The van der Waals surface area contributed by atoms with Crippen molar-refractivity contribution < 1.29 is 4.74 Å². The summed E-state index contributed by atoms with van der Waals surface area (Å²) >= 11 is 0. The van der Waals surface area contributed by atoms with Crippen LogP contribution in [0.25, 0.3) is 0 Å². The summed E-state index contributed by atoms with van der Waals surface area (Å²) in [5.74, 6) is 0.917. The van der Waals surface area contributed by atoms with Crippen LogP contribution in [0.15, 0.2) is 6.20 Å². The maximum atomic E-state index is 5.74. The molecule has 0 spiro atoms. The highest BCUT2D eigenvalue weighted by Crippen LogP contribution is 2.16. The molecule has 0 saturated carbocycles. The molecule has 2 rings (SSSR count). The van der Waals surface area contributed by atoms with Gasteiger partial charge in [-0.2, -0.15) is 0 Å². The summed E-state index contributed by atoms with van der Waals surface area (Å²) in [6.45, 7) is 8.78. The molecule has 0 amide bonds. The molecular formula is C14H24N4O. The highest BCUT2D eigenvalue weighted by molar-refractivity contribution is 5.42. The molecule has 0 aromatic carbocycles. The van der Waals surface area contributed by atoms with Crippen LogP contribution in [-0.4, -0.2) is 41.8 Å². The second-order valence-corrected chi connectivity index (χ2v) is 4.77. The minimum Gasteiger partial charge on any atom is -0.375 e. The maximum absolute atomic E-state index is 5.74. The number of ether oxygens (including phenoxy) is 1. The van der Waals surface area contributed by atoms with Crippen molar-refractivity contribution in [2.24, 2.45) is 0 Å². The van der Waals surface area contributed by atoms with Gasteiger partial charge in [0.05, 0.1) is 23.5 Å². The van der Waals surface area contributed by atoms with E-state index < -0.39 is 0 Å². The number of aryl methyl sites for hydroxylation is 2. The van der Waals surface area contributed by atoms with Crippen molar-refractivity contribution in [3.05, 3.63) is 17.6 Å². The van der Waals surface area contributed by atoms with Crippen LogP contribution in [0, 0.1) is 0 Å². The molecule has 1 aromatic rings. The van der Waals surface area contributed by atoms with Gasteiger partial charge in [-0.05, 0) is 19.8 Å². The highest BCUT2D eigenvalue weighted by Gasteiger charge is 2.28. The molecule has 2 heterocycles. The predicted molar refractivity (Wildman–Crippen MR) is 76.5 cm³/mol. The van der Waals surface area contributed by atoms with Crippen LogP contribution in [0.1, 0.15) is 32.2 Å². The van der Waals surface area contributed by atoms with Gasteiger partial charge in [0.2, 0.25) is 0 Å². The lowest BCUT2D eigenvalue weighted by atomic mass is 10.2. The van der Waals surface area contributed by atoms with Crippen LogP contribution >= 0.6 is 0 Å². The lowest BCUT2D eigenvalue weighted by molar-refractivity contribution is 0.0709. The number of nitrogens with one attached hydrogen (secondary N) is 2. The van der Waals surface area contributed by atoms with Gasteiger partial charge in [0.15, 0.2) is 0 Å². The summed E-state index contributed by atoms with van der Waals surface area (Å²) in [5.41, 5.74) is 2.05. The first-order valence-electron chi connectivity index (χ1n) is 7.22. The van der Waals surface area contributed by atoms with Gasteiger partial charge in [0.25, 0.3) is 0 Å². The molecule has 2 N–H and O–H groups in total. The molecule has 1 saturated heterocycles. The van der Waals surface area contributed by atoms with Gasteiger partial charge in [-0.15, -0.1) is 0 Å². The van der Waals surface area contributed by atoms with E-state index in [9.17, 15) is 0 Å². The first-order valence-corrected chi connectivity index (χ1v) is 7.22. The Hall–Kier alpha value is -1.20. The summed E-state index contributed by atoms with van der Waals surface area (Å²) < 4.78 is 5.74. The first-order chi connectivity index (χ1) is 9.28. The molecule has 1 fully saturated rings. The van der Waals surface area contributed by atoms with E-state index in [0.717, 1.165) is 49.7 Å². The van der Waals surface area contributed by atoms with Crippen molar-refractivity contribution in [1.29, 1.82) is 0 Å². The third kappa shape index (κ3) is 3.42. The molecule has 106 valence electrons. The van der Waals surface area contributed by atoms with Crippen LogP contribution in [0.4, 0.5) is 5.82 Å². The SMILES string of the molecule is CCO[C@@H]1CNC[C@H]1Nc1nc(CC)cnc1CC. The van der Waals surface area contributed by atoms with Gasteiger partial charge in [-0.1, -0.05) is 13.8 Å². The van der Waals surface area contributed by atoms with E-state index in [1.54, 1.807) is 0 Å². The van der Waals surface area contributed by atoms with Crippen LogP contribution < -0.4 is 10.6 Å². The molecule has 1 aliphatic heterocycles. The zero-order chi connectivity index (χ0) is 13.7. The molecule has 0 aliphatic carbocycles. The monoisotopic (exact) mass is 264 g/mol. The number of rotatable bonds is 6. The fourth-order valence-corrected chi connectivity index (χ4v) is 2.36. The van der Waals surface area contributed by atoms with Crippen LogP contribution in [0.3, 0.4) is 0 Å². The third-order valence-corrected chi connectivity index (χ3v) is 3.46. The Balaban J connectivity index is 2.12. The summed E-state index contributed by atoms with van der Waals surface area (Å²) in [7, 11) is 0. The molecule has 0 bridgehead atoms. The van der Waals surface area contributed by atoms with Crippen LogP contribution in [0.2, 0.25) is 0 Å². The molecule has 2 atom stereocenters. The third-order valence-electron chi connectivity index (χ3n) is 3.46. The minimum absolute atomic E-state index is 0.210. The topological polar surface area (TPSA) is 59.1 Å². The van der Waals surface area contributed by atoms with Crippen molar-refractivity contribution in [2.45, 2.75) is 45.8 Å². The highest BCUT2D eigenvalue weighted by atomic mass is 16.5. The summed E-state index contributed by atoms with van der Waals surface area (Å²) in [4.78, 5) is 9.16. The summed E-state index contributed by atoms with van der Waals surface area (Å²) in [5, 5.41) is 6.87. The summed E-state index contributed by atoms with van der Waals surface area (Å²) in [6, 6.07) is 0.270. The Morgan fingerprint density at radius 2 is 2.16 bits per heavy atom. The molecule has 0 unspecified atom stereocenters. The Kier molecular flexibility index (Phi) is 5.10. The van der Waals surface area contributed by atoms with E-state index in [2.05, 4.69) is 34.4 Å². The number of nitrogens with zero attached hydrogens (tertiary/aromatic N) is 2. The largest absolute Gasteiger partial charge is 0.375 e. The van der Waals surface area contributed by atoms with E-state index in [0.29, 0.717) is 0 Å². The lowest BCUT2D eigenvalue weighted by Crippen LogP contribution is -2.35. The summed E-state index contributed by atoms with van der Waals surface area (Å²) in [6.07, 6.45) is 3.88. The van der Waals surface area contributed by atoms with Crippen molar-refractivity contribution >= 4 is 5.82 Å². The first kappa shape index (κ1) is 14.2. The molecular weight excluding hydrogens is 240 g/mol. The number of hydrogen-bond acceptors (Lipinski definition) is 5. The zero-order valence-corrected chi connectivity index (χ0v) is 12.1. The van der Waals surface area contributed by atoms with E-state index >= 15 is 0 Å². The Bertz CT molecular complexity index is 410. The average molecular weight is 264 g/mol. The molecule has 5 nitrogen and oxygen atoms in total. The van der Waals surface area contributed by atoms with Gasteiger partial charge >= 0.3 is 0 Å². The van der Waals surface area contributed by atoms with Gasteiger partial charge in [0, 0.05) is 25.9 Å². The van der Waals surface area contributed by atoms with Crippen molar-refractivity contribution in [3.63, 3.8) is 0 Å². The van der Waals surface area contributed by atoms with Crippen LogP contribution in [0.5, 0.6) is 0 Å². The minimum atomic E-state index is 0.210. The zero-order valence-electron chi connectivity index (χ0n) is 12.1. The second kappa shape index (κ2) is 6.82. The van der Waals surface area contributed by atoms with E-state index in [4.69, 9.17) is 4.74 Å².